The largest absolute Gasteiger partial charge is 0.356 e. The van der Waals surface area contributed by atoms with E-state index in [1.807, 2.05) is 17.8 Å². The van der Waals surface area contributed by atoms with E-state index in [9.17, 15) is 4.79 Å². The first-order valence-corrected chi connectivity index (χ1v) is 8.91. The maximum atomic E-state index is 11.8. The molecule has 0 bridgehead atoms. The Kier molecular flexibility index (Phi) is 9.40. The smallest absolute Gasteiger partial charge is 0.224 e. The summed E-state index contributed by atoms with van der Waals surface area (Å²) in [6.07, 6.45) is 3.14. The van der Waals surface area contributed by atoms with Crippen molar-refractivity contribution in [3.05, 3.63) is 28.7 Å². The average Bonchev–Trinajstić information content (AvgIpc) is 2.98. The number of hydrogen-bond donors (Lipinski definition) is 2. The van der Waals surface area contributed by atoms with Crippen LogP contribution in [0.3, 0.4) is 0 Å². The molecule has 21 heavy (non-hydrogen) atoms. The van der Waals surface area contributed by atoms with Gasteiger partial charge in [-0.15, -0.1) is 24.2 Å². The third kappa shape index (κ3) is 6.59. The lowest BCUT2D eigenvalue weighted by molar-refractivity contribution is -0.124. The molecule has 0 aromatic heterocycles. The lowest BCUT2D eigenvalue weighted by Crippen LogP contribution is -2.32. The Morgan fingerprint density at radius 2 is 2.19 bits per heavy atom. The van der Waals surface area contributed by atoms with E-state index in [2.05, 4.69) is 44.8 Å². The van der Waals surface area contributed by atoms with Crippen molar-refractivity contribution in [3.8, 4) is 0 Å². The lowest BCUT2D eigenvalue weighted by atomic mass is 10.1. The van der Waals surface area contributed by atoms with Gasteiger partial charge in [0.1, 0.15) is 0 Å². The van der Waals surface area contributed by atoms with Crippen LogP contribution in [0.1, 0.15) is 19.3 Å². The first kappa shape index (κ1) is 18.8. The molecular weight excluding hydrogens is 372 g/mol. The molecule has 1 fully saturated rings. The minimum Gasteiger partial charge on any atom is -0.356 e. The Morgan fingerprint density at radius 3 is 2.90 bits per heavy atom. The van der Waals surface area contributed by atoms with Gasteiger partial charge < -0.3 is 10.6 Å². The third-order valence-electron chi connectivity index (χ3n) is 3.40. The number of nitrogens with one attached hydrogen (secondary N) is 2. The number of unbranched alkanes of at least 4 members (excludes halogenated alkanes) is 1. The van der Waals surface area contributed by atoms with Crippen LogP contribution in [0.25, 0.3) is 0 Å². The van der Waals surface area contributed by atoms with Gasteiger partial charge in [-0.1, -0.05) is 12.1 Å². The van der Waals surface area contributed by atoms with Gasteiger partial charge >= 0.3 is 0 Å². The van der Waals surface area contributed by atoms with E-state index >= 15 is 0 Å². The zero-order valence-corrected chi connectivity index (χ0v) is 15.2. The minimum absolute atomic E-state index is 0. The van der Waals surface area contributed by atoms with Gasteiger partial charge in [0.25, 0.3) is 0 Å². The molecule has 1 aromatic rings. The van der Waals surface area contributed by atoms with Gasteiger partial charge in [0.15, 0.2) is 0 Å². The molecule has 118 valence electrons. The fourth-order valence-electron chi connectivity index (χ4n) is 2.21. The van der Waals surface area contributed by atoms with Gasteiger partial charge in [0, 0.05) is 22.5 Å². The van der Waals surface area contributed by atoms with E-state index in [0.717, 1.165) is 49.1 Å². The third-order valence-corrected chi connectivity index (χ3v) is 5.51. The van der Waals surface area contributed by atoms with Crippen molar-refractivity contribution in [2.75, 3.05) is 25.4 Å². The first-order chi connectivity index (χ1) is 9.77. The topological polar surface area (TPSA) is 41.1 Å². The fourth-order valence-corrected chi connectivity index (χ4v) is 3.78. The predicted octanol–water partition coefficient (Wildman–Crippen LogP) is 3.47. The van der Waals surface area contributed by atoms with Crippen LogP contribution in [0.2, 0.25) is 0 Å². The molecule has 1 aliphatic rings. The molecule has 1 amide bonds. The minimum atomic E-state index is 0. The molecule has 0 aliphatic carbocycles. The quantitative estimate of drug-likeness (QED) is 0.550. The maximum Gasteiger partial charge on any atom is 0.224 e. The van der Waals surface area contributed by atoms with Crippen LogP contribution in [0.15, 0.2) is 33.6 Å². The zero-order chi connectivity index (χ0) is 14.2. The summed E-state index contributed by atoms with van der Waals surface area (Å²) in [6.45, 7) is 2.61. The predicted molar refractivity (Wildman–Crippen MR) is 95.3 cm³/mol. The summed E-state index contributed by atoms with van der Waals surface area (Å²) in [5, 5.41) is 6.26. The standard InChI is InChI=1S/C15H21BrN2OS.ClH/c16-13-5-1-2-6-14(13)20-10-4-3-8-18-15(19)12-7-9-17-11-12;/h1-2,5-6,12,17H,3-4,7-11H2,(H,18,19);1H. The van der Waals surface area contributed by atoms with Crippen LogP contribution >= 0.6 is 40.1 Å². The maximum absolute atomic E-state index is 11.8. The summed E-state index contributed by atoms with van der Waals surface area (Å²) in [5.41, 5.74) is 0. The number of hydrogen-bond acceptors (Lipinski definition) is 3. The Bertz CT molecular complexity index is 441. The van der Waals surface area contributed by atoms with E-state index in [1.54, 1.807) is 0 Å². The average molecular weight is 394 g/mol. The number of halogens is 2. The SMILES string of the molecule is Cl.O=C(NCCCCSc1ccccc1Br)C1CCNC1. The molecule has 3 nitrogen and oxygen atoms in total. The lowest BCUT2D eigenvalue weighted by Gasteiger charge is -2.09. The second kappa shape index (κ2) is 10.5. The molecule has 1 unspecified atom stereocenters. The number of carbonyl (C=O) groups is 1. The van der Waals surface area contributed by atoms with Gasteiger partial charge in [-0.3, -0.25) is 4.79 Å². The highest BCUT2D eigenvalue weighted by molar-refractivity contribution is 9.10. The Hall–Kier alpha value is -0.230. The van der Waals surface area contributed by atoms with Crippen LogP contribution in [0.4, 0.5) is 0 Å². The van der Waals surface area contributed by atoms with Gasteiger partial charge in [0.05, 0.1) is 5.92 Å². The van der Waals surface area contributed by atoms with Crippen LogP contribution in [-0.2, 0) is 4.79 Å². The number of benzene rings is 1. The summed E-state index contributed by atoms with van der Waals surface area (Å²) >= 11 is 5.41. The molecule has 1 heterocycles. The Balaban J connectivity index is 0.00000220. The first-order valence-electron chi connectivity index (χ1n) is 7.13. The van der Waals surface area contributed by atoms with Crippen molar-refractivity contribution < 1.29 is 4.79 Å². The van der Waals surface area contributed by atoms with Crippen molar-refractivity contribution in [1.82, 2.24) is 10.6 Å². The van der Waals surface area contributed by atoms with Crippen molar-refractivity contribution in [3.63, 3.8) is 0 Å². The Morgan fingerprint density at radius 1 is 1.38 bits per heavy atom. The molecule has 2 N–H and O–H groups in total. The molecule has 1 saturated heterocycles. The second-order valence-electron chi connectivity index (χ2n) is 4.97. The highest BCUT2D eigenvalue weighted by Crippen LogP contribution is 2.27. The highest BCUT2D eigenvalue weighted by atomic mass is 79.9. The molecule has 0 spiro atoms. The van der Waals surface area contributed by atoms with E-state index in [-0.39, 0.29) is 24.2 Å². The normalized spacial score (nSPS) is 17.3. The van der Waals surface area contributed by atoms with Crippen LogP contribution < -0.4 is 10.6 Å². The number of carbonyl (C=O) groups excluding carboxylic acids is 1. The summed E-state index contributed by atoms with van der Waals surface area (Å²) in [4.78, 5) is 13.1. The highest BCUT2D eigenvalue weighted by Gasteiger charge is 2.21. The molecule has 1 aliphatic heterocycles. The van der Waals surface area contributed by atoms with E-state index in [0.29, 0.717) is 0 Å². The van der Waals surface area contributed by atoms with Crippen molar-refractivity contribution in [2.24, 2.45) is 5.92 Å². The van der Waals surface area contributed by atoms with Crippen LogP contribution in [0, 0.1) is 5.92 Å². The Labute approximate surface area is 145 Å². The second-order valence-corrected chi connectivity index (χ2v) is 6.96. The monoisotopic (exact) mass is 392 g/mol. The molecular formula is C15H22BrClN2OS. The van der Waals surface area contributed by atoms with Crippen LogP contribution in [0.5, 0.6) is 0 Å². The molecule has 1 atom stereocenters. The van der Waals surface area contributed by atoms with Crippen molar-refractivity contribution >= 4 is 46.0 Å². The zero-order valence-electron chi connectivity index (χ0n) is 11.9. The summed E-state index contributed by atoms with van der Waals surface area (Å²) < 4.78 is 1.16. The fraction of sp³-hybridized carbons (Fsp3) is 0.533. The van der Waals surface area contributed by atoms with Crippen molar-refractivity contribution in [1.29, 1.82) is 0 Å². The number of rotatable bonds is 7. The molecule has 0 saturated carbocycles. The number of thioether (sulfide) groups is 1. The molecule has 0 radical (unpaired) electrons. The summed E-state index contributed by atoms with van der Waals surface area (Å²) in [5.74, 6) is 1.49. The van der Waals surface area contributed by atoms with Gasteiger partial charge in [-0.2, -0.15) is 0 Å². The molecule has 6 heteroatoms. The van der Waals surface area contributed by atoms with Gasteiger partial charge in [0.2, 0.25) is 5.91 Å². The summed E-state index contributed by atoms with van der Waals surface area (Å²) in [6, 6.07) is 8.28. The molecule has 1 aromatic carbocycles. The summed E-state index contributed by atoms with van der Waals surface area (Å²) in [7, 11) is 0. The van der Waals surface area contributed by atoms with Crippen LogP contribution in [-0.4, -0.2) is 31.3 Å². The van der Waals surface area contributed by atoms with E-state index in [4.69, 9.17) is 0 Å². The molecule has 2 rings (SSSR count). The van der Waals surface area contributed by atoms with Gasteiger partial charge in [-0.25, -0.2) is 0 Å². The van der Waals surface area contributed by atoms with E-state index < -0.39 is 0 Å². The van der Waals surface area contributed by atoms with E-state index in [1.165, 1.54) is 4.90 Å². The van der Waals surface area contributed by atoms with Crippen molar-refractivity contribution in [2.45, 2.75) is 24.2 Å². The number of amides is 1. The van der Waals surface area contributed by atoms with Gasteiger partial charge in [-0.05, 0) is 59.6 Å².